The summed E-state index contributed by atoms with van der Waals surface area (Å²) in [7, 11) is 0. The van der Waals surface area contributed by atoms with Crippen LogP contribution < -0.4 is 0 Å². The zero-order valence-corrected chi connectivity index (χ0v) is 13.0. The molecule has 1 rings (SSSR count). The van der Waals surface area contributed by atoms with E-state index in [1.165, 1.54) is 4.90 Å². The molecule has 0 bridgehead atoms. The number of carboxylic acids is 1. The minimum absolute atomic E-state index is 0.151. The second kappa shape index (κ2) is 7.19. The van der Waals surface area contributed by atoms with Crippen molar-refractivity contribution >= 4 is 11.9 Å². The first-order chi connectivity index (χ1) is 9.74. The molecule has 0 aliphatic carbocycles. The molecule has 21 heavy (non-hydrogen) atoms. The van der Waals surface area contributed by atoms with E-state index in [1.54, 1.807) is 20.8 Å². The first kappa shape index (κ1) is 17.1. The highest BCUT2D eigenvalue weighted by molar-refractivity contribution is 5.82. The molecule has 1 aromatic heterocycles. The molecule has 0 saturated carbocycles. The van der Waals surface area contributed by atoms with Gasteiger partial charge in [-0.1, -0.05) is 12.1 Å². The quantitative estimate of drug-likeness (QED) is 0.822. The summed E-state index contributed by atoms with van der Waals surface area (Å²) >= 11 is 0. The highest BCUT2D eigenvalue weighted by Crippen LogP contribution is 2.15. The van der Waals surface area contributed by atoms with Gasteiger partial charge in [-0.15, -0.1) is 0 Å². The molecule has 0 atom stereocenters. The van der Waals surface area contributed by atoms with Crippen LogP contribution in [0, 0.1) is 0 Å². The fraction of sp³-hybridized carbons (Fsp3) is 0.714. The van der Waals surface area contributed by atoms with Crippen LogP contribution in [-0.4, -0.2) is 44.1 Å². The number of amides is 1. The summed E-state index contributed by atoms with van der Waals surface area (Å²) in [6.07, 6.45) is 2.14. The Labute approximate surface area is 124 Å². The van der Waals surface area contributed by atoms with Crippen LogP contribution in [0.5, 0.6) is 0 Å². The summed E-state index contributed by atoms with van der Waals surface area (Å²) in [5, 5.41) is 12.7. The van der Waals surface area contributed by atoms with Crippen molar-refractivity contribution < 1.29 is 19.2 Å². The molecule has 0 aliphatic rings. The van der Waals surface area contributed by atoms with E-state index in [9.17, 15) is 9.59 Å². The van der Waals surface area contributed by atoms with Crippen LogP contribution in [-0.2, 0) is 22.4 Å². The Hall–Kier alpha value is -1.92. The van der Waals surface area contributed by atoms with Crippen LogP contribution in [0.4, 0.5) is 0 Å². The van der Waals surface area contributed by atoms with Gasteiger partial charge in [0.05, 0.1) is 0 Å². The van der Waals surface area contributed by atoms with Crippen LogP contribution in [0.25, 0.3) is 0 Å². The average Bonchev–Trinajstić information content (AvgIpc) is 2.80. The predicted molar refractivity (Wildman–Crippen MR) is 75.7 cm³/mol. The fourth-order valence-electron chi connectivity index (χ4n) is 1.90. The molecule has 0 spiro atoms. The van der Waals surface area contributed by atoms with Gasteiger partial charge in [-0.3, -0.25) is 9.59 Å². The van der Waals surface area contributed by atoms with Gasteiger partial charge in [0.1, 0.15) is 6.54 Å². The van der Waals surface area contributed by atoms with Gasteiger partial charge < -0.3 is 14.5 Å². The summed E-state index contributed by atoms with van der Waals surface area (Å²) < 4.78 is 5.07. The van der Waals surface area contributed by atoms with Gasteiger partial charge in [-0.25, -0.2) is 0 Å². The third-order valence-corrected chi connectivity index (χ3v) is 2.94. The highest BCUT2D eigenvalue weighted by Gasteiger charge is 2.28. The number of aryl methyl sites for hydroxylation is 2. The number of rotatable bonds is 7. The van der Waals surface area contributed by atoms with Crippen LogP contribution in [0.3, 0.4) is 0 Å². The number of nitrogens with zero attached hydrogens (tertiary/aromatic N) is 3. The minimum Gasteiger partial charge on any atom is -0.480 e. The lowest BCUT2D eigenvalue weighted by atomic mass is 10.0. The van der Waals surface area contributed by atoms with Gasteiger partial charge in [0.15, 0.2) is 5.82 Å². The van der Waals surface area contributed by atoms with Crippen molar-refractivity contribution in [1.82, 2.24) is 15.0 Å². The maximum absolute atomic E-state index is 12.2. The van der Waals surface area contributed by atoms with Crippen molar-refractivity contribution in [3.8, 4) is 0 Å². The SMILES string of the molecule is CCCc1noc(CCC(=O)N(CC(=O)O)C(C)(C)C)n1. The van der Waals surface area contributed by atoms with E-state index in [0.717, 1.165) is 12.8 Å². The summed E-state index contributed by atoms with van der Waals surface area (Å²) in [6, 6.07) is 0. The lowest BCUT2D eigenvalue weighted by molar-refractivity contribution is -0.148. The number of carboxylic acid groups (broad SMARTS) is 1. The second-order valence-electron chi connectivity index (χ2n) is 5.90. The van der Waals surface area contributed by atoms with Crippen LogP contribution >= 0.6 is 0 Å². The van der Waals surface area contributed by atoms with Gasteiger partial charge in [0.2, 0.25) is 11.8 Å². The van der Waals surface area contributed by atoms with Crippen molar-refractivity contribution in [1.29, 1.82) is 0 Å². The van der Waals surface area contributed by atoms with E-state index in [1.807, 2.05) is 6.92 Å². The summed E-state index contributed by atoms with van der Waals surface area (Å²) in [6.45, 7) is 7.12. The zero-order chi connectivity index (χ0) is 16.0. The van der Waals surface area contributed by atoms with Gasteiger partial charge in [-0.2, -0.15) is 4.98 Å². The minimum atomic E-state index is -1.03. The monoisotopic (exact) mass is 297 g/mol. The van der Waals surface area contributed by atoms with Crippen molar-refractivity contribution in [2.24, 2.45) is 0 Å². The number of hydrogen-bond donors (Lipinski definition) is 1. The molecule has 1 N–H and O–H groups in total. The van der Waals surface area contributed by atoms with Crippen molar-refractivity contribution in [2.75, 3.05) is 6.54 Å². The number of aliphatic carboxylic acids is 1. The normalized spacial score (nSPS) is 11.4. The topological polar surface area (TPSA) is 96.5 Å². The fourth-order valence-corrected chi connectivity index (χ4v) is 1.90. The largest absolute Gasteiger partial charge is 0.480 e. The summed E-state index contributed by atoms with van der Waals surface area (Å²) in [5.74, 6) is -0.212. The standard InChI is InChI=1S/C14H23N3O4/c1-5-6-10-15-11(21-16-10)7-8-12(18)17(9-13(19)20)14(2,3)4/h5-9H2,1-4H3,(H,19,20). The molecule has 0 fully saturated rings. The maximum atomic E-state index is 12.2. The summed E-state index contributed by atoms with van der Waals surface area (Å²) in [5.41, 5.74) is -0.544. The Balaban J connectivity index is 2.62. The third-order valence-electron chi connectivity index (χ3n) is 2.94. The first-order valence-electron chi connectivity index (χ1n) is 7.07. The Morgan fingerprint density at radius 1 is 1.29 bits per heavy atom. The van der Waals surface area contributed by atoms with Crippen molar-refractivity contribution in [3.05, 3.63) is 11.7 Å². The molecule has 7 nitrogen and oxygen atoms in total. The van der Waals surface area contributed by atoms with Crippen LogP contribution in [0.2, 0.25) is 0 Å². The smallest absolute Gasteiger partial charge is 0.323 e. The molecular formula is C14H23N3O4. The molecular weight excluding hydrogens is 274 g/mol. The van der Waals surface area contributed by atoms with Gasteiger partial charge in [0, 0.05) is 24.8 Å². The Morgan fingerprint density at radius 3 is 2.48 bits per heavy atom. The maximum Gasteiger partial charge on any atom is 0.323 e. The molecule has 1 aromatic rings. The molecule has 0 saturated heterocycles. The second-order valence-corrected chi connectivity index (χ2v) is 5.90. The van der Waals surface area contributed by atoms with E-state index in [0.29, 0.717) is 18.1 Å². The predicted octanol–water partition coefficient (Wildman–Crippen LogP) is 1.67. The first-order valence-corrected chi connectivity index (χ1v) is 7.07. The lowest BCUT2D eigenvalue weighted by Crippen LogP contribution is -2.48. The third kappa shape index (κ3) is 5.53. The molecule has 0 aromatic carbocycles. The Kier molecular flexibility index (Phi) is 5.87. The molecule has 118 valence electrons. The van der Waals surface area contributed by atoms with Crippen molar-refractivity contribution in [3.63, 3.8) is 0 Å². The average molecular weight is 297 g/mol. The van der Waals surface area contributed by atoms with E-state index < -0.39 is 11.5 Å². The van der Waals surface area contributed by atoms with Crippen molar-refractivity contribution in [2.45, 2.75) is 58.9 Å². The Bertz CT molecular complexity index is 491. The molecule has 0 aliphatic heterocycles. The van der Waals surface area contributed by atoms with Gasteiger partial charge >= 0.3 is 5.97 Å². The van der Waals surface area contributed by atoms with Crippen LogP contribution in [0.1, 0.15) is 52.3 Å². The lowest BCUT2D eigenvalue weighted by Gasteiger charge is -2.34. The Morgan fingerprint density at radius 2 is 1.95 bits per heavy atom. The van der Waals surface area contributed by atoms with Gasteiger partial charge in [-0.05, 0) is 27.2 Å². The molecule has 1 amide bonds. The summed E-state index contributed by atoms with van der Waals surface area (Å²) in [4.78, 5) is 28.6. The van der Waals surface area contributed by atoms with Gasteiger partial charge in [0.25, 0.3) is 0 Å². The van der Waals surface area contributed by atoms with Crippen LogP contribution in [0.15, 0.2) is 4.52 Å². The van der Waals surface area contributed by atoms with E-state index in [4.69, 9.17) is 9.63 Å². The number of hydrogen-bond acceptors (Lipinski definition) is 5. The van der Waals surface area contributed by atoms with E-state index in [-0.39, 0.29) is 18.9 Å². The van der Waals surface area contributed by atoms with E-state index >= 15 is 0 Å². The van der Waals surface area contributed by atoms with E-state index in [2.05, 4.69) is 10.1 Å². The number of carbonyl (C=O) groups excluding carboxylic acids is 1. The zero-order valence-electron chi connectivity index (χ0n) is 13.0. The molecule has 0 unspecified atom stereocenters. The number of carbonyl (C=O) groups is 2. The highest BCUT2D eigenvalue weighted by atomic mass is 16.5. The molecule has 7 heteroatoms. The number of aromatic nitrogens is 2. The molecule has 1 heterocycles. The molecule has 0 radical (unpaired) electrons.